The van der Waals surface area contributed by atoms with Crippen LogP contribution in [0.1, 0.15) is 44.1 Å². The van der Waals surface area contributed by atoms with E-state index in [9.17, 15) is 4.79 Å². The zero-order chi connectivity index (χ0) is 11.9. The van der Waals surface area contributed by atoms with Crippen molar-refractivity contribution >= 4 is 15.9 Å². The van der Waals surface area contributed by atoms with Gasteiger partial charge >= 0.3 is 0 Å². The number of ether oxygens (including phenoxy) is 1. The van der Waals surface area contributed by atoms with Gasteiger partial charge in [-0.25, -0.2) is 4.98 Å². The first-order valence-corrected chi connectivity index (χ1v) is 6.10. The highest BCUT2D eigenvalue weighted by molar-refractivity contribution is 9.10. The molecule has 0 amide bonds. The van der Waals surface area contributed by atoms with Crippen molar-refractivity contribution in [3.8, 4) is 0 Å². The molecule has 1 aliphatic carbocycles. The molecule has 0 bridgehead atoms. The van der Waals surface area contributed by atoms with E-state index in [1.54, 1.807) is 7.11 Å². The Morgan fingerprint density at radius 2 is 2.12 bits per heavy atom. The highest BCUT2D eigenvalue weighted by Crippen LogP contribution is 2.41. The maximum atomic E-state index is 11.8. The minimum Gasteiger partial charge on any atom is -0.371 e. The number of nitrogens with zero attached hydrogens (tertiary/aromatic N) is 1. The van der Waals surface area contributed by atoms with E-state index in [-0.39, 0.29) is 5.56 Å². The van der Waals surface area contributed by atoms with Crippen LogP contribution in [0.2, 0.25) is 0 Å². The minimum atomic E-state index is -0.566. The summed E-state index contributed by atoms with van der Waals surface area (Å²) in [4.78, 5) is 19.0. The van der Waals surface area contributed by atoms with Gasteiger partial charge in [0.25, 0.3) is 5.56 Å². The number of H-pyrrole nitrogens is 1. The lowest BCUT2D eigenvalue weighted by Gasteiger charge is -2.22. The summed E-state index contributed by atoms with van der Waals surface area (Å²) < 4.78 is 5.89. The molecule has 0 spiro atoms. The van der Waals surface area contributed by atoms with Crippen LogP contribution in [0.3, 0.4) is 0 Å². The second kappa shape index (κ2) is 3.96. The molecular weight excluding hydrogens is 272 g/mol. The fourth-order valence-electron chi connectivity index (χ4n) is 1.49. The molecule has 1 saturated carbocycles. The minimum absolute atomic E-state index is 0.128. The van der Waals surface area contributed by atoms with Crippen molar-refractivity contribution < 1.29 is 4.74 Å². The Labute approximate surface area is 103 Å². The van der Waals surface area contributed by atoms with Crippen LogP contribution in [0.15, 0.2) is 9.27 Å². The molecule has 16 heavy (non-hydrogen) atoms. The van der Waals surface area contributed by atoms with E-state index < -0.39 is 5.60 Å². The predicted octanol–water partition coefficient (Wildman–Crippen LogP) is 2.29. The first kappa shape index (κ1) is 11.8. The van der Waals surface area contributed by atoms with Crippen molar-refractivity contribution in [2.75, 3.05) is 7.11 Å². The van der Waals surface area contributed by atoms with Crippen LogP contribution in [0.25, 0.3) is 0 Å². The maximum absolute atomic E-state index is 11.8. The summed E-state index contributed by atoms with van der Waals surface area (Å²) in [7, 11) is 1.61. The lowest BCUT2D eigenvalue weighted by molar-refractivity contribution is 0.0110. The predicted molar refractivity (Wildman–Crippen MR) is 64.6 cm³/mol. The number of nitrogens with one attached hydrogen (secondary N) is 1. The average molecular weight is 287 g/mol. The quantitative estimate of drug-likeness (QED) is 0.928. The number of hydrogen-bond donors (Lipinski definition) is 1. The number of aromatic nitrogens is 2. The summed E-state index contributed by atoms with van der Waals surface area (Å²) in [5, 5.41) is 0. The first-order chi connectivity index (χ1) is 7.45. The van der Waals surface area contributed by atoms with Crippen LogP contribution in [-0.2, 0) is 10.3 Å². The molecule has 1 N–H and O–H groups in total. The van der Waals surface area contributed by atoms with Crippen molar-refractivity contribution in [2.24, 2.45) is 0 Å². The van der Waals surface area contributed by atoms with Gasteiger partial charge in [0.2, 0.25) is 0 Å². The largest absolute Gasteiger partial charge is 0.371 e. The maximum Gasteiger partial charge on any atom is 0.265 e. The second-order valence-electron chi connectivity index (χ2n) is 4.60. The molecule has 88 valence electrons. The van der Waals surface area contributed by atoms with Gasteiger partial charge < -0.3 is 9.72 Å². The Hall–Kier alpha value is -0.680. The van der Waals surface area contributed by atoms with Crippen LogP contribution in [0.5, 0.6) is 0 Å². The molecule has 1 aromatic heterocycles. The van der Waals surface area contributed by atoms with Gasteiger partial charge in [0.05, 0.1) is 5.69 Å². The van der Waals surface area contributed by atoms with Crippen LogP contribution < -0.4 is 5.56 Å². The van der Waals surface area contributed by atoms with Crippen molar-refractivity contribution in [1.29, 1.82) is 0 Å². The van der Waals surface area contributed by atoms with Crippen molar-refractivity contribution in [3.05, 3.63) is 26.3 Å². The molecule has 5 heteroatoms. The first-order valence-electron chi connectivity index (χ1n) is 5.31. The Kier molecular flexibility index (Phi) is 2.92. The topological polar surface area (TPSA) is 55.0 Å². The number of methoxy groups -OCH3 is 1. The zero-order valence-corrected chi connectivity index (χ0v) is 11.2. The van der Waals surface area contributed by atoms with Gasteiger partial charge in [-0.1, -0.05) is 0 Å². The monoisotopic (exact) mass is 286 g/mol. The number of aromatic amines is 1. The molecule has 0 aliphatic heterocycles. The Bertz CT molecular complexity index is 464. The molecule has 1 aliphatic rings. The molecule has 0 aromatic carbocycles. The van der Waals surface area contributed by atoms with E-state index >= 15 is 0 Å². The molecule has 1 aromatic rings. The second-order valence-corrected chi connectivity index (χ2v) is 5.40. The fourth-order valence-corrected chi connectivity index (χ4v) is 2.00. The molecule has 1 fully saturated rings. The molecule has 4 nitrogen and oxygen atoms in total. The molecular formula is C11H15BrN2O2. The van der Waals surface area contributed by atoms with Gasteiger partial charge in [0, 0.05) is 13.0 Å². The number of rotatable bonds is 3. The van der Waals surface area contributed by atoms with E-state index in [4.69, 9.17) is 4.74 Å². The summed E-state index contributed by atoms with van der Waals surface area (Å²) in [5.74, 6) is 1.02. The van der Waals surface area contributed by atoms with Gasteiger partial charge in [-0.3, -0.25) is 4.79 Å². The highest BCUT2D eigenvalue weighted by Gasteiger charge is 2.31. The van der Waals surface area contributed by atoms with E-state index in [2.05, 4.69) is 25.9 Å². The molecule has 0 unspecified atom stereocenters. The Balaban J connectivity index is 2.52. The summed E-state index contributed by atoms with van der Waals surface area (Å²) in [6.45, 7) is 3.77. The molecule has 2 rings (SSSR count). The van der Waals surface area contributed by atoms with E-state index in [0.717, 1.165) is 18.5 Å². The van der Waals surface area contributed by atoms with Crippen molar-refractivity contribution in [1.82, 2.24) is 9.97 Å². The lowest BCUT2D eigenvalue weighted by atomic mass is 10.1. The smallest absolute Gasteiger partial charge is 0.265 e. The fraction of sp³-hybridized carbons (Fsp3) is 0.636. The molecule has 0 atom stereocenters. The number of hydrogen-bond acceptors (Lipinski definition) is 3. The van der Waals surface area contributed by atoms with Gasteiger partial charge in [-0.05, 0) is 42.6 Å². The van der Waals surface area contributed by atoms with Crippen LogP contribution in [-0.4, -0.2) is 17.1 Å². The normalized spacial score (nSPS) is 16.5. The summed E-state index contributed by atoms with van der Waals surface area (Å²) in [6.07, 6.45) is 2.23. The van der Waals surface area contributed by atoms with Gasteiger partial charge in [-0.2, -0.15) is 0 Å². The van der Waals surface area contributed by atoms with Gasteiger partial charge in [0.1, 0.15) is 15.9 Å². The SMILES string of the molecule is COC(C)(C)c1nc(C2CC2)c(Br)c(=O)[nH]1. The molecule has 1 heterocycles. The molecule has 0 saturated heterocycles. The third kappa shape index (κ3) is 2.06. The summed E-state index contributed by atoms with van der Waals surface area (Å²) in [5.41, 5.74) is 0.171. The third-order valence-electron chi connectivity index (χ3n) is 2.93. The Morgan fingerprint density at radius 1 is 1.50 bits per heavy atom. The average Bonchev–Trinajstić information content (AvgIpc) is 3.05. The van der Waals surface area contributed by atoms with Crippen LogP contribution in [0, 0.1) is 0 Å². The van der Waals surface area contributed by atoms with E-state index in [1.807, 2.05) is 13.8 Å². The van der Waals surface area contributed by atoms with Crippen molar-refractivity contribution in [2.45, 2.75) is 38.2 Å². The number of halogens is 1. The van der Waals surface area contributed by atoms with Gasteiger partial charge in [-0.15, -0.1) is 0 Å². The van der Waals surface area contributed by atoms with Crippen LogP contribution in [0.4, 0.5) is 0 Å². The zero-order valence-electron chi connectivity index (χ0n) is 9.63. The highest BCUT2D eigenvalue weighted by atomic mass is 79.9. The summed E-state index contributed by atoms with van der Waals surface area (Å²) >= 11 is 3.30. The molecule has 0 radical (unpaired) electrons. The van der Waals surface area contributed by atoms with Gasteiger partial charge in [0.15, 0.2) is 0 Å². The van der Waals surface area contributed by atoms with E-state index in [0.29, 0.717) is 16.2 Å². The third-order valence-corrected chi connectivity index (χ3v) is 3.70. The van der Waals surface area contributed by atoms with Crippen LogP contribution >= 0.6 is 15.9 Å². The van der Waals surface area contributed by atoms with E-state index in [1.165, 1.54) is 0 Å². The van der Waals surface area contributed by atoms with Crippen molar-refractivity contribution in [3.63, 3.8) is 0 Å². The lowest BCUT2D eigenvalue weighted by Crippen LogP contribution is -2.28. The standard InChI is InChI=1S/C11H15BrN2O2/c1-11(2,16-3)10-13-8(6-4-5-6)7(12)9(15)14-10/h6H,4-5H2,1-3H3,(H,13,14,15). The summed E-state index contributed by atoms with van der Waals surface area (Å²) in [6, 6.07) is 0. The Morgan fingerprint density at radius 3 is 2.62 bits per heavy atom.